The maximum atomic E-state index is 12.5. The van der Waals surface area contributed by atoms with E-state index in [9.17, 15) is 18.0 Å². The van der Waals surface area contributed by atoms with Gasteiger partial charge < -0.3 is 14.8 Å². The number of hydrogen-bond donors (Lipinski definition) is 2. The normalized spacial score (nSPS) is 10.9. The smallest absolute Gasteiger partial charge is 0.244 e. The first kappa shape index (κ1) is 20.4. The van der Waals surface area contributed by atoms with Crippen LogP contribution in [-0.4, -0.2) is 40.9 Å². The second kappa shape index (κ2) is 8.65. The molecular weight excluding hydrogens is 372 g/mol. The lowest BCUT2D eigenvalue weighted by molar-refractivity contribution is -0.115. The van der Waals surface area contributed by atoms with Crippen LogP contribution in [0.1, 0.15) is 17.3 Å². The summed E-state index contributed by atoms with van der Waals surface area (Å²) in [5.74, 6) is -0.182. The van der Waals surface area contributed by atoms with Crippen molar-refractivity contribution < 1.29 is 27.5 Å². The number of nitrogens with one attached hydrogen (secondary N) is 2. The fourth-order valence-corrected chi connectivity index (χ4v) is 3.39. The standard InChI is InChI=1S/C18H20N2O6S/c1-12(21)13-4-6-14(7-5-13)20-18(22)11-19-27(23,24)17-10-15(25-2)8-9-16(17)26-3/h4-10,19H,11H2,1-3H3,(H,20,22). The predicted octanol–water partition coefficient (Wildman–Crippen LogP) is 1.82. The molecule has 0 saturated carbocycles. The molecule has 0 aliphatic heterocycles. The number of methoxy groups -OCH3 is 2. The summed E-state index contributed by atoms with van der Waals surface area (Å²) in [6.45, 7) is 0.965. The first-order valence-corrected chi connectivity index (χ1v) is 9.37. The van der Waals surface area contributed by atoms with Gasteiger partial charge in [-0.05, 0) is 43.3 Å². The van der Waals surface area contributed by atoms with Crippen LogP contribution in [0.3, 0.4) is 0 Å². The van der Waals surface area contributed by atoms with E-state index in [1.54, 1.807) is 30.3 Å². The van der Waals surface area contributed by atoms with Crippen molar-refractivity contribution in [2.24, 2.45) is 0 Å². The lowest BCUT2D eigenvalue weighted by Gasteiger charge is -2.12. The lowest BCUT2D eigenvalue weighted by Crippen LogP contribution is -2.33. The molecule has 8 nitrogen and oxygen atoms in total. The predicted molar refractivity (Wildman–Crippen MR) is 99.8 cm³/mol. The number of anilines is 1. The van der Waals surface area contributed by atoms with E-state index in [0.29, 0.717) is 17.0 Å². The molecule has 1 amide bonds. The highest BCUT2D eigenvalue weighted by molar-refractivity contribution is 7.89. The zero-order chi connectivity index (χ0) is 20.0. The van der Waals surface area contributed by atoms with Crippen molar-refractivity contribution in [1.82, 2.24) is 4.72 Å². The first-order valence-electron chi connectivity index (χ1n) is 7.89. The average Bonchev–Trinajstić information content (AvgIpc) is 2.66. The largest absolute Gasteiger partial charge is 0.497 e. The topological polar surface area (TPSA) is 111 Å². The molecule has 0 fully saturated rings. The number of sulfonamides is 1. The van der Waals surface area contributed by atoms with Gasteiger partial charge in [-0.3, -0.25) is 9.59 Å². The molecule has 0 saturated heterocycles. The van der Waals surface area contributed by atoms with Crippen molar-refractivity contribution in [3.05, 3.63) is 48.0 Å². The highest BCUT2D eigenvalue weighted by Gasteiger charge is 2.21. The maximum Gasteiger partial charge on any atom is 0.244 e. The molecule has 2 aromatic carbocycles. The Morgan fingerprint density at radius 1 is 1.00 bits per heavy atom. The van der Waals surface area contributed by atoms with Gasteiger partial charge in [0.1, 0.15) is 16.4 Å². The van der Waals surface area contributed by atoms with Crippen LogP contribution in [0.15, 0.2) is 47.4 Å². The molecule has 0 aliphatic carbocycles. The molecule has 0 spiro atoms. The van der Waals surface area contributed by atoms with Gasteiger partial charge in [0.2, 0.25) is 15.9 Å². The minimum atomic E-state index is -4.00. The molecule has 0 atom stereocenters. The first-order chi connectivity index (χ1) is 12.8. The summed E-state index contributed by atoms with van der Waals surface area (Å²) in [4.78, 5) is 23.1. The van der Waals surface area contributed by atoms with Crippen LogP contribution >= 0.6 is 0 Å². The molecule has 2 rings (SSSR count). The molecule has 0 bridgehead atoms. The van der Waals surface area contributed by atoms with Crippen LogP contribution in [0.2, 0.25) is 0 Å². The van der Waals surface area contributed by atoms with Gasteiger partial charge in [0.15, 0.2) is 5.78 Å². The summed E-state index contributed by atoms with van der Waals surface area (Å²) in [5, 5.41) is 2.55. The Labute approximate surface area is 157 Å². The van der Waals surface area contributed by atoms with E-state index in [-0.39, 0.29) is 16.4 Å². The van der Waals surface area contributed by atoms with E-state index in [4.69, 9.17) is 9.47 Å². The van der Waals surface area contributed by atoms with Crippen molar-refractivity contribution in [3.8, 4) is 11.5 Å². The summed E-state index contributed by atoms with van der Waals surface area (Å²) in [6, 6.07) is 10.6. The number of carbonyl (C=O) groups excluding carboxylic acids is 2. The van der Waals surface area contributed by atoms with E-state index in [0.717, 1.165) is 0 Å². The Balaban J connectivity index is 2.06. The number of rotatable bonds is 8. The molecule has 0 heterocycles. The van der Waals surface area contributed by atoms with E-state index >= 15 is 0 Å². The molecule has 0 unspecified atom stereocenters. The number of ether oxygens (including phenoxy) is 2. The van der Waals surface area contributed by atoms with Crippen LogP contribution in [0.25, 0.3) is 0 Å². The Kier molecular flexibility index (Phi) is 6.54. The van der Waals surface area contributed by atoms with Gasteiger partial charge in [0.25, 0.3) is 0 Å². The molecule has 144 valence electrons. The van der Waals surface area contributed by atoms with Gasteiger partial charge in [0.05, 0.1) is 20.8 Å². The number of amides is 1. The molecule has 0 aliphatic rings. The Bertz CT molecular complexity index is 939. The lowest BCUT2D eigenvalue weighted by atomic mass is 10.1. The molecule has 9 heteroatoms. The second-order valence-electron chi connectivity index (χ2n) is 5.52. The summed E-state index contributed by atoms with van der Waals surface area (Å²) in [5.41, 5.74) is 0.960. The monoisotopic (exact) mass is 392 g/mol. The Morgan fingerprint density at radius 3 is 2.22 bits per heavy atom. The minimum Gasteiger partial charge on any atom is -0.497 e. The zero-order valence-electron chi connectivity index (χ0n) is 15.1. The highest BCUT2D eigenvalue weighted by Crippen LogP contribution is 2.27. The van der Waals surface area contributed by atoms with Gasteiger partial charge >= 0.3 is 0 Å². The SMILES string of the molecule is COc1ccc(OC)c(S(=O)(=O)NCC(=O)Nc2ccc(C(C)=O)cc2)c1. The third kappa shape index (κ3) is 5.28. The van der Waals surface area contributed by atoms with Gasteiger partial charge in [-0.15, -0.1) is 0 Å². The van der Waals surface area contributed by atoms with Crippen LogP contribution in [0.4, 0.5) is 5.69 Å². The third-order valence-corrected chi connectivity index (χ3v) is 5.08. The quantitative estimate of drug-likeness (QED) is 0.663. The molecule has 0 aromatic heterocycles. The van der Waals surface area contributed by atoms with Gasteiger partial charge in [-0.25, -0.2) is 13.1 Å². The number of carbonyl (C=O) groups is 2. The van der Waals surface area contributed by atoms with E-state index in [1.807, 2.05) is 0 Å². The zero-order valence-corrected chi connectivity index (χ0v) is 15.9. The molecule has 27 heavy (non-hydrogen) atoms. The average molecular weight is 392 g/mol. The van der Waals surface area contributed by atoms with Crippen molar-refractivity contribution in [2.45, 2.75) is 11.8 Å². The molecule has 2 N–H and O–H groups in total. The summed E-state index contributed by atoms with van der Waals surface area (Å²) < 4.78 is 37.3. The number of hydrogen-bond acceptors (Lipinski definition) is 6. The third-order valence-electron chi connectivity index (χ3n) is 3.66. The van der Waals surface area contributed by atoms with Gasteiger partial charge in [0, 0.05) is 17.3 Å². The van der Waals surface area contributed by atoms with Crippen LogP contribution < -0.4 is 19.5 Å². The van der Waals surface area contributed by atoms with E-state index in [2.05, 4.69) is 10.0 Å². The minimum absolute atomic E-state index is 0.0899. The van der Waals surface area contributed by atoms with Crippen LogP contribution in [0.5, 0.6) is 11.5 Å². The maximum absolute atomic E-state index is 12.5. The van der Waals surface area contributed by atoms with Gasteiger partial charge in [-0.2, -0.15) is 0 Å². The summed E-state index contributed by atoms with van der Waals surface area (Å²) in [7, 11) is -1.24. The summed E-state index contributed by atoms with van der Waals surface area (Å²) >= 11 is 0. The fourth-order valence-electron chi connectivity index (χ4n) is 2.23. The number of Topliss-reactive ketones (excluding diaryl/α,β-unsaturated/α-hetero) is 1. The fraction of sp³-hybridized carbons (Fsp3) is 0.222. The van der Waals surface area contributed by atoms with Crippen molar-refractivity contribution in [1.29, 1.82) is 0 Å². The second-order valence-corrected chi connectivity index (χ2v) is 7.26. The molecule has 0 radical (unpaired) electrons. The van der Waals surface area contributed by atoms with Crippen molar-refractivity contribution in [2.75, 3.05) is 26.1 Å². The van der Waals surface area contributed by atoms with Crippen LogP contribution in [-0.2, 0) is 14.8 Å². The van der Waals surface area contributed by atoms with Crippen molar-refractivity contribution in [3.63, 3.8) is 0 Å². The summed E-state index contributed by atoms with van der Waals surface area (Å²) in [6.07, 6.45) is 0. The Morgan fingerprint density at radius 2 is 1.67 bits per heavy atom. The number of ketones is 1. The van der Waals surface area contributed by atoms with E-state index < -0.39 is 22.5 Å². The highest BCUT2D eigenvalue weighted by atomic mass is 32.2. The Hall–Kier alpha value is -2.91. The van der Waals surface area contributed by atoms with Crippen LogP contribution in [0, 0.1) is 0 Å². The number of benzene rings is 2. The molecule has 2 aromatic rings. The molecular formula is C18H20N2O6S. The van der Waals surface area contributed by atoms with Gasteiger partial charge in [-0.1, -0.05) is 0 Å². The van der Waals surface area contributed by atoms with Crippen molar-refractivity contribution >= 4 is 27.4 Å². The van der Waals surface area contributed by atoms with E-state index in [1.165, 1.54) is 33.3 Å².